The van der Waals surface area contributed by atoms with Gasteiger partial charge in [0.25, 0.3) is 0 Å². The first-order valence-electron chi connectivity index (χ1n) is 4.83. The lowest BCUT2D eigenvalue weighted by atomic mass is 10.3. The molecule has 0 saturated heterocycles. The van der Waals surface area contributed by atoms with Crippen LogP contribution in [0.3, 0.4) is 0 Å². The van der Waals surface area contributed by atoms with Crippen molar-refractivity contribution in [1.82, 2.24) is 15.8 Å². The Kier molecular flexibility index (Phi) is 4.46. The van der Waals surface area contributed by atoms with Crippen LogP contribution in [-0.4, -0.2) is 40.0 Å². The smallest absolute Gasteiger partial charge is 0.328 e. The van der Waals surface area contributed by atoms with Crippen LogP contribution in [0, 0.1) is 6.92 Å². The van der Waals surface area contributed by atoms with Crippen molar-refractivity contribution in [1.29, 1.82) is 0 Å². The number of carboxylic acid groups (broad SMARTS) is 1. The quantitative estimate of drug-likeness (QED) is 0.538. The number of aromatic nitrogens is 1. The molecule has 2 amide bonds. The van der Waals surface area contributed by atoms with E-state index < -0.39 is 24.6 Å². The van der Waals surface area contributed by atoms with E-state index in [9.17, 15) is 9.59 Å². The van der Waals surface area contributed by atoms with Crippen molar-refractivity contribution in [2.24, 2.45) is 0 Å². The number of urea groups is 1. The largest absolute Gasteiger partial charge is 0.480 e. The van der Waals surface area contributed by atoms with Crippen LogP contribution in [0.15, 0.2) is 10.6 Å². The molecule has 1 heterocycles. The number of nitrogens with one attached hydrogen (secondary N) is 2. The van der Waals surface area contributed by atoms with Crippen molar-refractivity contribution < 1.29 is 24.3 Å². The van der Waals surface area contributed by atoms with Gasteiger partial charge in [-0.1, -0.05) is 5.16 Å². The van der Waals surface area contributed by atoms with Gasteiger partial charge in [-0.3, -0.25) is 0 Å². The first kappa shape index (κ1) is 13.0. The topological polar surface area (TPSA) is 125 Å². The van der Waals surface area contributed by atoms with Gasteiger partial charge in [0.2, 0.25) is 0 Å². The van der Waals surface area contributed by atoms with E-state index in [1.165, 1.54) is 0 Å². The summed E-state index contributed by atoms with van der Waals surface area (Å²) in [6.07, 6.45) is 0. The van der Waals surface area contributed by atoms with Crippen molar-refractivity contribution >= 4 is 12.0 Å². The van der Waals surface area contributed by atoms with Crippen LogP contribution in [-0.2, 0) is 11.3 Å². The molecule has 0 aliphatic rings. The Morgan fingerprint density at radius 1 is 1.59 bits per heavy atom. The summed E-state index contributed by atoms with van der Waals surface area (Å²) < 4.78 is 4.84. The van der Waals surface area contributed by atoms with E-state index in [1.807, 2.05) is 0 Å². The maximum absolute atomic E-state index is 11.2. The Morgan fingerprint density at radius 2 is 2.29 bits per heavy atom. The third-order valence-electron chi connectivity index (χ3n) is 1.89. The highest BCUT2D eigenvalue weighted by atomic mass is 16.5. The van der Waals surface area contributed by atoms with Gasteiger partial charge in [-0.15, -0.1) is 0 Å². The van der Waals surface area contributed by atoms with Crippen molar-refractivity contribution in [2.45, 2.75) is 19.5 Å². The molecule has 1 aromatic heterocycles. The number of rotatable bonds is 5. The molecule has 0 spiro atoms. The molecule has 8 heteroatoms. The highest BCUT2D eigenvalue weighted by Crippen LogP contribution is 2.00. The second-order valence-electron chi connectivity index (χ2n) is 3.34. The molecule has 0 aliphatic carbocycles. The second-order valence-corrected chi connectivity index (χ2v) is 3.34. The molecule has 0 fully saturated rings. The SMILES string of the molecule is Cc1cc(CNC(=O)N[C@@H](CO)C(=O)O)on1. The third kappa shape index (κ3) is 4.11. The van der Waals surface area contributed by atoms with E-state index in [1.54, 1.807) is 13.0 Å². The Labute approximate surface area is 96.6 Å². The fourth-order valence-corrected chi connectivity index (χ4v) is 1.06. The number of aliphatic carboxylic acids is 1. The van der Waals surface area contributed by atoms with Crippen molar-refractivity contribution in [3.05, 3.63) is 17.5 Å². The van der Waals surface area contributed by atoms with Gasteiger partial charge in [0.05, 0.1) is 18.8 Å². The highest BCUT2D eigenvalue weighted by molar-refractivity contribution is 5.82. The highest BCUT2D eigenvalue weighted by Gasteiger charge is 2.18. The molecule has 0 radical (unpaired) electrons. The molecule has 0 aromatic carbocycles. The summed E-state index contributed by atoms with van der Waals surface area (Å²) in [7, 11) is 0. The summed E-state index contributed by atoms with van der Waals surface area (Å²) in [4.78, 5) is 21.8. The molecular weight excluding hydrogens is 230 g/mol. The van der Waals surface area contributed by atoms with Gasteiger partial charge in [-0.05, 0) is 6.92 Å². The van der Waals surface area contributed by atoms with Crippen molar-refractivity contribution in [2.75, 3.05) is 6.61 Å². The lowest BCUT2D eigenvalue weighted by molar-refractivity contribution is -0.140. The van der Waals surface area contributed by atoms with Gasteiger partial charge in [0.1, 0.15) is 0 Å². The fraction of sp³-hybridized carbons (Fsp3) is 0.444. The van der Waals surface area contributed by atoms with E-state index in [2.05, 4.69) is 15.8 Å². The van der Waals surface area contributed by atoms with Crippen LogP contribution in [0.2, 0.25) is 0 Å². The van der Waals surface area contributed by atoms with Crippen LogP contribution in [0.1, 0.15) is 11.5 Å². The van der Waals surface area contributed by atoms with Crippen LogP contribution in [0.4, 0.5) is 4.79 Å². The van der Waals surface area contributed by atoms with E-state index in [0.29, 0.717) is 11.5 Å². The van der Waals surface area contributed by atoms with E-state index in [-0.39, 0.29) is 6.54 Å². The molecule has 17 heavy (non-hydrogen) atoms. The summed E-state index contributed by atoms with van der Waals surface area (Å²) in [5, 5.41) is 25.3. The van der Waals surface area contributed by atoms with Crippen LogP contribution < -0.4 is 10.6 Å². The lowest BCUT2D eigenvalue weighted by Gasteiger charge is -2.11. The first-order valence-corrected chi connectivity index (χ1v) is 4.83. The number of amides is 2. The van der Waals surface area contributed by atoms with Gasteiger partial charge < -0.3 is 25.4 Å². The number of aliphatic hydroxyl groups is 1. The Morgan fingerprint density at radius 3 is 2.76 bits per heavy atom. The van der Waals surface area contributed by atoms with Gasteiger partial charge in [-0.2, -0.15) is 0 Å². The fourth-order valence-electron chi connectivity index (χ4n) is 1.06. The zero-order valence-corrected chi connectivity index (χ0v) is 9.14. The number of carbonyl (C=O) groups is 2. The van der Waals surface area contributed by atoms with Gasteiger partial charge >= 0.3 is 12.0 Å². The zero-order valence-electron chi connectivity index (χ0n) is 9.14. The third-order valence-corrected chi connectivity index (χ3v) is 1.89. The van der Waals surface area contributed by atoms with Crippen LogP contribution in [0.25, 0.3) is 0 Å². The number of aliphatic hydroxyl groups excluding tert-OH is 1. The maximum Gasteiger partial charge on any atom is 0.328 e. The number of carboxylic acids is 1. The summed E-state index contributed by atoms with van der Waals surface area (Å²) in [5.74, 6) is -0.855. The number of nitrogens with zero attached hydrogens (tertiary/aromatic N) is 1. The minimum Gasteiger partial charge on any atom is -0.480 e. The Bertz CT molecular complexity index is 403. The molecule has 1 rings (SSSR count). The van der Waals surface area contributed by atoms with E-state index in [4.69, 9.17) is 14.7 Å². The lowest BCUT2D eigenvalue weighted by Crippen LogP contribution is -2.47. The molecule has 0 bridgehead atoms. The van der Waals surface area contributed by atoms with Crippen molar-refractivity contribution in [3.63, 3.8) is 0 Å². The van der Waals surface area contributed by atoms with Crippen molar-refractivity contribution in [3.8, 4) is 0 Å². The predicted molar refractivity (Wildman–Crippen MR) is 55.1 cm³/mol. The average molecular weight is 243 g/mol. The van der Waals surface area contributed by atoms with Gasteiger partial charge in [0, 0.05) is 6.07 Å². The standard InChI is InChI=1S/C9H13N3O5/c1-5-2-6(17-12-5)3-10-9(16)11-7(4-13)8(14)15/h2,7,13H,3-4H2,1H3,(H,14,15)(H2,10,11,16)/t7-/m0/s1. The zero-order chi connectivity index (χ0) is 12.8. The number of carbonyl (C=O) groups excluding carboxylic acids is 1. The van der Waals surface area contributed by atoms with E-state index in [0.717, 1.165) is 0 Å². The average Bonchev–Trinajstić information content (AvgIpc) is 2.68. The normalized spacial score (nSPS) is 11.9. The first-order chi connectivity index (χ1) is 8.02. The Balaban J connectivity index is 2.37. The minimum absolute atomic E-state index is 0.0877. The van der Waals surface area contributed by atoms with Gasteiger partial charge in [0.15, 0.2) is 11.8 Å². The van der Waals surface area contributed by atoms with Crippen LogP contribution in [0.5, 0.6) is 0 Å². The number of aryl methyl sites for hydroxylation is 1. The number of hydrogen-bond acceptors (Lipinski definition) is 5. The summed E-state index contributed by atoms with van der Waals surface area (Å²) in [6, 6.07) is -0.395. The molecular formula is C9H13N3O5. The predicted octanol–water partition coefficient (Wildman–Crippen LogP) is -0.772. The molecule has 0 unspecified atom stereocenters. The summed E-state index contributed by atoms with van der Waals surface area (Å²) >= 11 is 0. The monoisotopic (exact) mass is 243 g/mol. The summed E-state index contributed by atoms with van der Waals surface area (Å²) in [5.41, 5.74) is 0.681. The maximum atomic E-state index is 11.2. The Hall–Kier alpha value is -2.09. The summed E-state index contributed by atoms with van der Waals surface area (Å²) in [6.45, 7) is 1.15. The molecule has 4 N–H and O–H groups in total. The minimum atomic E-state index is -1.33. The molecule has 1 atom stereocenters. The molecule has 1 aromatic rings. The molecule has 94 valence electrons. The van der Waals surface area contributed by atoms with E-state index >= 15 is 0 Å². The molecule has 0 aliphatic heterocycles. The molecule has 0 saturated carbocycles. The van der Waals surface area contributed by atoms with Gasteiger partial charge in [-0.25, -0.2) is 9.59 Å². The van der Waals surface area contributed by atoms with Crippen LogP contribution >= 0.6 is 0 Å². The molecule has 8 nitrogen and oxygen atoms in total. The number of hydrogen-bond donors (Lipinski definition) is 4. The second kappa shape index (κ2) is 5.85.